The van der Waals surface area contributed by atoms with Gasteiger partial charge < -0.3 is 18.9 Å². The van der Waals surface area contributed by atoms with Crippen molar-refractivity contribution in [1.82, 2.24) is 0 Å². The van der Waals surface area contributed by atoms with E-state index >= 15 is 0 Å². The fraction of sp³-hybridized carbons (Fsp3) is 0.697. The average molecular weight is 1080 g/mol. The van der Waals surface area contributed by atoms with E-state index < -0.39 is 26.5 Å². The SMILES string of the molecule is CC/C=C\C/C=C\C/C=C\C/C=C\C/C=C\C/C=C\CCCCCCCCCCCCCCCCC(=O)OC(COC(=O)CCCCCCCC/C=C\C/C=C\C/C=C\CCCCC)COP(=O)(O)OCC[N+](C)(C)C. The molecule has 0 aromatic rings. The van der Waals surface area contributed by atoms with Crippen LogP contribution in [-0.2, 0) is 32.7 Å². The van der Waals surface area contributed by atoms with Crippen LogP contribution in [0.1, 0.15) is 245 Å². The summed E-state index contributed by atoms with van der Waals surface area (Å²) in [5.74, 6) is -0.814. The number of carbonyl (C=O) groups excluding carboxylic acids is 2. The molecule has 0 saturated heterocycles. The minimum Gasteiger partial charge on any atom is -0.462 e. The maximum atomic E-state index is 12.8. The topological polar surface area (TPSA) is 108 Å². The Kier molecular flexibility index (Phi) is 53.9. The lowest BCUT2D eigenvalue weighted by atomic mass is 10.0. The van der Waals surface area contributed by atoms with Crippen molar-refractivity contribution < 1.29 is 42.1 Å². The van der Waals surface area contributed by atoms with Crippen LogP contribution in [0.4, 0.5) is 0 Å². The first-order valence-electron chi connectivity index (χ1n) is 30.6. The number of likely N-dealkylation sites (N-methyl/N-ethyl adjacent to an activating group) is 1. The molecule has 0 radical (unpaired) electrons. The molecule has 76 heavy (non-hydrogen) atoms. The number of allylic oxidation sites excluding steroid dienone is 18. The zero-order valence-electron chi connectivity index (χ0n) is 49.5. The minimum absolute atomic E-state index is 0.0249. The Hall–Kier alpha value is -3.33. The van der Waals surface area contributed by atoms with Crippen molar-refractivity contribution in [1.29, 1.82) is 0 Å². The van der Waals surface area contributed by atoms with Gasteiger partial charge in [-0.2, -0.15) is 0 Å². The van der Waals surface area contributed by atoms with Crippen LogP contribution in [0.3, 0.4) is 0 Å². The van der Waals surface area contributed by atoms with E-state index in [1.54, 1.807) is 0 Å². The van der Waals surface area contributed by atoms with Crippen LogP contribution in [0.5, 0.6) is 0 Å². The normalized spacial score (nSPS) is 14.0. The van der Waals surface area contributed by atoms with Crippen molar-refractivity contribution in [3.63, 3.8) is 0 Å². The lowest BCUT2D eigenvalue weighted by Gasteiger charge is -2.24. The highest BCUT2D eigenvalue weighted by molar-refractivity contribution is 7.47. The summed E-state index contributed by atoms with van der Waals surface area (Å²) in [7, 11) is 1.46. The van der Waals surface area contributed by atoms with Crippen molar-refractivity contribution >= 4 is 19.8 Å². The second kappa shape index (κ2) is 56.4. The Morgan fingerprint density at radius 2 is 0.750 bits per heavy atom. The molecule has 0 bridgehead atoms. The van der Waals surface area contributed by atoms with E-state index in [0.29, 0.717) is 17.4 Å². The van der Waals surface area contributed by atoms with E-state index in [2.05, 4.69) is 123 Å². The van der Waals surface area contributed by atoms with Crippen molar-refractivity contribution in [2.45, 2.75) is 251 Å². The number of rotatable bonds is 55. The van der Waals surface area contributed by atoms with Crippen LogP contribution >= 0.6 is 7.82 Å². The van der Waals surface area contributed by atoms with E-state index in [1.165, 1.54) is 109 Å². The second-order valence-corrected chi connectivity index (χ2v) is 22.8. The maximum absolute atomic E-state index is 12.8. The molecule has 0 aliphatic heterocycles. The number of ether oxygens (including phenoxy) is 2. The van der Waals surface area contributed by atoms with E-state index in [-0.39, 0.29) is 32.0 Å². The Bertz CT molecular complexity index is 1650. The molecular weight excluding hydrogens is 966 g/mol. The predicted molar refractivity (Wildman–Crippen MR) is 325 cm³/mol. The predicted octanol–water partition coefficient (Wildman–Crippen LogP) is 19.4. The van der Waals surface area contributed by atoms with Crippen molar-refractivity contribution in [2.24, 2.45) is 0 Å². The van der Waals surface area contributed by atoms with Crippen LogP contribution in [0.15, 0.2) is 109 Å². The Morgan fingerprint density at radius 3 is 1.12 bits per heavy atom. The molecule has 1 N–H and O–H groups in total. The number of quaternary nitrogens is 1. The van der Waals surface area contributed by atoms with Gasteiger partial charge in [-0.25, -0.2) is 4.57 Å². The van der Waals surface area contributed by atoms with Gasteiger partial charge in [0.2, 0.25) is 0 Å². The van der Waals surface area contributed by atoms with Crippen LogP contribution in [-0.4, -0.2) is 74.9 Å². The lowest BCUT2D eigenvalue weighted by Crippen LogP contribution is -2.37. The molecular formula is C66H115NO8P+. The van der Waals surface area contributed by atoms with Crippen LogP contribution in [0, 0.1) is 0 Å². The summed E-state index contributed by atoms with van der Waals surface area (Å²) in [4.78, 5) is 35.7. The summed E-state index contributed by atoms with van der Waals surface area (Å²) in [6.45, 7) is 4.28. The van der Waals surface area contributed by atoms with Gasteiger partial charge in [-0.1, -0.05) is 239 Å². The minimum atomic E-state index is -4.40. The molecule has 9 nitrogen and oxygen atoms in total. The number of hydrogen-bond acceptors (Lipinski definition) is 7. The van der Waals surface area contributed by atoms with Gasteiger partial charge in [-0.05, 0) is 103 Å². The fourth-order valence-corrected chi connectivity index (χ4v) is 8.83. The molecule has 10 heteroatoms. The zero-order valence-corrected chi connectivity index (χ0v) is 50.3. The molecule has 0 aliphatic carbocycles. The third kappa shape index (κ3) is 59.9. The Morgan fingerprint density at radius 1 is 0.421 bits per heavy atom. The van der Waals surface area contributed by atoms with Gasteiger partial charge in [-0.3, -0.25) is 18.6 Å². The zero-order chi connectivity index (χ0) is 55.6. The number of nitrogens with zero attached hydrogens (tertiary/aromatic N) is 1. The van der Waals surface area contributed by atoms with Crippen molar-refractivity contribution in [3.8, 4) is 0 Å². The molecule has 0 saturated carbocycles. The first kappa shape index (κ1) is 72.7. The molecule has 0 aliphatic rings. The summed E-state index contributed by atoms with van der Waals surface area (Å²) < 4.78 is 34.6. The van der Waals surface area contributed by atoms with Gasteiger partial charge in [-0.15, -0.1) is 0 Å². The summed E-state index contributed by atoms with van der Waals surface area (Å²) in [5, 5.41) is 0. The van der Waals surface area contributed by atoms with E-state index in [0.717, 1.165) is 103 Å². The van der Waals surface area contributed by atoms with E-state index in [9.17, 15) is 19.0 Å². The highest BCUT2D eigenvalue weighted by Crippen LogP contribution is 2.43. The average Bonchev–Trinajstić information content (AvgIpc) is 3.38. The van der Waals surface area contributed by atoms with Crippen LogP contribution in [0.25, 0.3) is 0 Å². The number of phosphoric acid groups is 1. The summed E-state index contributed by atoms with van der Waals surface area (Å²) >= 11 is 0. The number of carbonyl (C=O) groups is 2. The van der Waals surface area contributed by atoms with Gasteiger partial charge in [0.05, 0.1) is 27.7 Å². The van der Waals surface area contributed by atoms with Gasteiger partial charge in [0.15, 0.2) is 6.10 Å². The Balaban J connectivity index is 4.13. The molecule has 0 rings (SSSR count). The molecule has 0 amide bonds. The standard InChI is InChI=1S/C66H114NO8P/c1-6-8-10-12-14-16-18-20-22-24-26-27-28-29-30-31-32-33-34-35-36-37-38-39-41-43-45-47-49-51-53-55-57-59-66(69)75-64(63-74-76(70,71)73-61-60-67(3,4)5)62-72-65(68)58-56-54-52-50-48-46-44-42-40-25-23-21-19-17-15-13-11-9-7-2/h8,10,14-17,20-23,26-27,29-30,32-33,40,42,64H,6-7,9,11-13,18-19,24-25,28,31,34-39,41,43-63H2,1-5H3/p+1/b10-8-,16-14-,17-15-,22-20-,23-21-,27-26-,30-29-,33-32-,42-40-. The summed E-state index contributed by atoms with van der Waals surface area (Å²) in [6, 6.07) is 0. The molecule has 2 unspecified atom stereocenters. The molecule has 0 aromatic heterocycles. The molecule has 0 fully saturated rings. The van der Waals surface area contributed by atoms with E-state index in [1.807, 2.05) is 21.1 Å². The third-order valence-electron chi connectivity index (χ3n) is 12.8. The number of esters is 2. The first-order chi connectivity index (χ1) is 37.0. The van der Waals surface area contributed by atoms with Crippen molar-refractivity contribution in [3.05, 3.63) is 109 Å². The Labute approximate surface area is 467 Å². The highest BCUT2D eigenvalue weighted by atomic mass is 31.2. The molecule has 2 atom stereocenters. The molecule has 436 valence electrons. The first-order valence-corrected chi connectivity index (χ1v) is 32.1. The van der Waals surface area contributed by atoms with Gasteiger partial charge in [0.25, 0.3) is 0 Å². The second-order valence-electron chi connectivity index (χ2n) is 21.4. The van der Waals surface area contributed by atoms with Gasteiger partial charge in [0, 0.05) is 12.8 Å². The molecule has 0 heterocycles. The number of hydrogen-bond donors (Lipinski definition) is 1. The lowest BCUT2D eigenvalue weighted by molar-refractivity contribution is -0.870. The summed E-state index contributed by atoms with van der Waals surface area (Å²) in [6.07, 6.45) is 78.7. The molecule has 0 spiro atoms. The quantitative estimate of drug-likeness (QED) is 0.0211. The largest absolute Gasteiger partial charge is 0.472 e. The maximum Gasteiger partial charge on any atom is 0.472 e. The van der Waals surface area contributed by atoms with Crippen molar-refractivity contribution in [2.75, 3.05) is 47.5 Å². The van der Waals surface area contributed by atoms with E-state index in [4.69, 9.17) is 18.5 Å². The fourth-order valence-electron chi connectivity index (χ4n) is 8.08. The van der Waals surface area contributed by atoms with Gasteiger partial charge >= 0.3 is 19.8 Å². The molecule has 0 aromatic carbocycles. The summed E-state index contributed by atoms with van der Waals surface area (Å²) in [5.41, 5.74) is 0. The van der Waals surface area contributed by atoms with Crippen LogP contribution < -0.4 is 0 Å². The highest BCUT2D eigenvalue weighted by Gasteiger charge is 2.27. The van der Waals surface area contributed by atoms with Gasteiger partial charge in [0.1, 0.15) is 19.8 Å². The number of phosphoric ester groups is 1. The third-order valence-corrected chi connectivity index (χ3v) is 13.8. The smallest absolute Gasteiger partial charge is 0.462 e. The van der Waals surface area contributed by atoms with Crippen LogP contribution in [0.2, 0.25) is 0 Å². The number of unbranched alkanes of at least 4 members (excludes halogenated alkanes) is 23. The monoisotopic (exact) mass is 1080 g/mol.